The Kier molecular flexibility index (Phi) is 3.55. The second-order valence-electron chi connectivity index (χ2n) is 4.93. The second-order valence-corrected chi connectivity index (χ2v) is 5.97. The SMILES string of the molecule is Cc1ccc(-n2nnc(C#N)c2Cc2cccs2)cc1C. The van der Waals surface area contributed by atoms with Gasteiger partial charge in [-0.1, -0.05) is 17.3 Å². The number of nitrogens with zero attached hydrogens (tertiary/aromatic N) is 4. The molecule has 0 aliphatic heterocycles. The highest BCUT2D eigenvalue weighted by Gasteiger charge is 2.15. The first-order valence-electron chi connectivity index (χ1n) is 6.63. The van der Waals surface area contributed by atoms with Crippen molar-refractivity contribution in [3.63, 3.8) is 0 Å². The maximum Gasteiger partial charge on any atom is 0.186 e. The first-order valence-corrected chi connectivity index (χ1v) is 7.51. The normalized spacial score (nSPS) is 10.5. The fourth-order valence-electron chi connectivity index (χ4n) is 2.19. The Morgan fingerprint density at radius 1 is 1.24 bits per heavy atom. The summed E-state index contributed by atoms with van der Waals surface area (Å²) in [5.41, 5.74) is 4.60. The highest BCUT2D eigenvalue weighted by Crippen LogP contribution is 2.21. The Morgan fingerprint density at radius 2 is 2.10 bits per heavy atom. The largest absolute Gasteiger partial charge is 0.216 e. The first-order chi connectivity index (χ1) is 10.2. The molecule has 5 heteroatoms. The molecule has 2 heterocycles. The molecule has 0 fully saturated rings. The number of nitriles is 1. The van der Waals surface area contributed by atoms with Crippen LogP contribution in [0.5, 0.6) is 0 Å². The molecule has 0 aliphatic rings. The Morgan fingerprint density at radius 3 is 2.76 bits per heavy atom. The van der Waals surface area contributed by atoms with Crippen LogP contribution >= 0.6 is 11.3 Å². The molecule has 3 rings (SSSR count). The van der Waals surface area contributed by atoms with Gasteiger partial charge < -0.3 is 0 Å². The molecule has 3 aromatic rings. The average molecular weight is 294 g/mol. The topological polar surface area (TPSA) is 54.5 Å². The lowest BCUT2D eigenvalue weighted by atomic mass is 10.1. The lowest BCUT2D eigenvalue weighted by Gasteiger charge is -2.08. The molecule has 1 aromatic carbocycles. The number of rotatable bonds is 3. The number of hydrogen-bond acceptors (Lipinski definition) is 4. The Labute approximate surface area is 127 Å². The molecule has 0 atom stereocenters. The zero-order chi connectivity index (χ0) is 14.8. The number of hydrogen-bond donors (Lipinski definition) is 0. The van der Waals surface area contributed by atoms with E-state index in [1.807, 2.05) is 17.5 Å². The van der Waals surface area contributed by atoms with Crippen molar-refractivity contribution in [3.05, 3.63) is 63.1 Å². The van der Waals surface area contributed by atoms with Crippen molar-refractivity contribution in [1.29, 1.82) is 5.26 Å². The molecular formula is C16H14N4S. The molecule has 4 nitrogen and oxygen atoms in total. The average Bonchev–Trinajstić information content (AvgIpc) is 3.12. The Balaban J connectivity index is 2.08. The third-order valence-electron chi connectivity index (χ3n) is 3.53. The van der Waals surface area contributed by atoms with Gasteiger partial charge in [0.15, 0.2) is 5.69 Å². The zero-order valence-electron chi connectivity index (χ0n) is 11.9. The Bertz CT molecular complexity index is 809. The van der Waals surface area contributed by atoms with Gasteiger partial charge in [0, 0.05) is 11.3 Å². The lowest BCUT2D eigenvalue weighted by Crippen LogP contribution is -2.04. The van der Waals surface area contributed by atoms with E-state index in [0.717, 1.165) is 11.4 Å². The van der Waals surface area contributed by atoms with E-state index < -0.39 is 0 Å². The fraction of sp³-hybridized carbons (Fsp3) is 0.188. The Hall–Kier alpha value is -2.45. The van der Waals surface area contributed by atoms with Crippen molar-refractivity contribution in [2.75, 3.05) is 0 Å². The van der Waals surface area contributed by atoms with Crippen LogP contribution in [0.4, 0.5) is 0 Å². The molecule has 0 N–H and O–H groups in total. The van der Waals surface area contributed by atoms with Crippen LogP contribution < -0.4 is 0 Å². The van der Waals surface area contributed by atoms with E-state index in [2.05, 4.69) is 48.4 Å². The molecule has 104 valence electrons. The summed E-state index contributed by atoms with van der Waals surface area (Å²) < 4.78 is 1.77. The lowest BCUT2D eigenvalue weighted by molar-refractivity contribution is 0.773. The molecule has 0 bridgehead atoms. The summed E-state index contributed by atoms with van der Waals surface area (Å²) in [6.07, 6.45) is 0.667. The van der Waals surface area contributed by atoms with E-state index in [1.165, 1.54) is 16.0 Å². The highest BCUT2D eigenvalue weighted by atomic mass is 32.1. The van der Waals surface area contributed by atoms with Gasteiger partial charge in [-0.05, 0) is 48.6 Å². The van der Waals surface area contributed by atoms with Crippen LogP contribution in [0.1, 0.15) is 27.4 Å². The molecule has 0 saturated heterocycles. The predicted octanol–water partition coefficient (Wildman–Crippen LogP) is 3.41. The maximum absolute atomic E-state index is 9.24. The van der Waals surface area contributed by atoms with E-state index in [-0.39, 0.29) is 0 Å². The molecule has 0 aliphatic carbocycles. The highest BCUT2D eigenvalue weighted by molar-refractivity contribution is 7.09. The monoisotopic (exact) mass is 294 g/mol. The summed E-state index contributed by atoms with van der Waals surface area (Å²) in [6, 6.07) is 12.3. The number of benzene rings is 1. The fourth-order valence-corrected chi connectivity index (χ4v) is 2.90. The summed E-state index contributed by atoms with van der Waals surface area (Å²) in [5, 5.41) is 19.4. The third kappa shape index (κ3) is 2.58. The van der Waals surface area contributed by atoms with Crippen molar-refractivity contribution in [1.82, 2.24) is 15.0 Å². The van der Waals surface area contributed by atoms with Crippen molar-refractivity contribution < 1.29 is 0 Å². The van der Waals surface area contributed by atoms with Crippen LogP contribution in [0, 0.1) is 25.2 Å². The first kappa shape index (κ1) is 13.5. The van der Waals surface area contributed by atoms with E-state index in [9.17, 15) is 5.26 Å². The number of aryl methyl sites for hydroxylation is 2. The van der Waals surface area contributed by atoms with Crippen LogP contribution in [0.25, 0.3) is 5.69 Å². The van der Waals surface area contributed by atoms with Crippen molar-refractivity contribution >= 4 is 11.3 Å². The quantitative estimate of drug-likeness (QED) is 0.744. The molecule has 0 unspecified atom stereocenters. The van der Waals surface area contributed by atoms with Crippen LogP contribution in [0.2, 0.25) is 0 Å². The minimum atomic E-state index is 0.390. The van der Waals surface area contributed by atoms with Gasteiger partial charge in [0.05, 0.1) is 11.4 Å². The zero-order valence-corrected chi connectivity index (χ0v) is 12.7. The molecule has 0 amide bonds. The van der Waals surface area contributed by atoms with Crippen molar-refractivity contribution in [2.45, 2.75) is 20.3 Å². The van der Waals surface area contributed by atoms with Gasteiger partial charge in [0.1, 0.15) is 6.07 Å². The van der Waals surface area contributed by atoms with Crippen LogP contribution in [0.3, 0.4) is 0 Å². The van der Waals surface area contributed by atoms with E-state index in [0.29, 0.717) is 12.1 Å². The summed E-state index contributed by atoms with van der Waals surface area (Å²) in [6.45, 7) is 4.15. The summed E-state index contributed by atoms with van der Waals surface area (Å²) >= 11 is 1.67. The van der Waals surface area contributed by atoms with E-state index in [1.54, 1.807) is 16.0 Å². The van der Waals surface area contributed by atoms with Gasteiger partial charge in [0.2, 0.25) is 0 Å². The van der Waals surface area contributed by atoms with Gasteiger partial charge in [-0.3, -0.25) is 0 Å². The van der Waals surface area contributed by atoms with E-state index in [4.69, 9.17) is 0 Å². The molecule has 0 spiro atoms. The third-order valence-corrected chi connectivity index (χ3v) is 4.40. The van der Waals surface area contributed by atoms with Crippen LogP contribution in [-0.2, 0) is 6.42 Å². The maximum atomic E-state index is 9.24. The molecule has 0 saturated carbocycles. The number of thiophene rings is 1. The van der Waals surface area contributed by atoms with Gasteiger partial charge >= 0.3 is 0 Å². The second kappa shape index (κ2) is 5.51. The smallest absolute Gasteiger partial charge is 0.186 e. The molecular weight excluding hydrogens is 280 g/mol. The molecule has 21 heavy (non-hydrogen) atoms. The predicted molar refractivity (Wildman–Crippen MR) is 82.7 cm³/mol. The summed E-state index contributed by atoms with van der Waals surface area (Å²) in [7, 11) is 0. The minimum Gasteiger partial charge on any atom is -0.216 e. The van der Waals surface area contributed by atoms with Gasteiger partial charge in [-0.15, -0.1) is 16.4 Å². The van der Waals surface area contributed by atoms with Crippen molar-refractivity contribution in [3.8, 4) is 11.8 Å². The van der Waals surface area contributed by atoms with Gasteiger partial charge in [-0.2, -0.15) is 5.26 Å². The molecule has 2 aromatic heterocycles. The molecule has 0 radical (unpaired) electrons. The standard InChI is InChI=1S/C16H14N4S/c1-11-5-6-13(8-12(11)2)20-16(15(10-17)18-19-20)9-14-4-3-7-21-14/h3-8H,9H2,1-2H3. The van der Waals surface area contributed by atoms with Crippen LogP contribution in [-0.4, -0.2) is 15.0 Å². The van der Waals surface area contributed by atoms with Crippen molar-refractivity contribution in [2.24, 2.45) is 0 Å². The van der Waals surface area contributed by atoms with Gasteiger partial charge in [-0.25, -0.2) is 4.68 Å². The van der Waals surface area contributed by atoms with Crippen LogP contribution in [0.15, 0.2) is 35.7 Å². The summed E-state index contributed by atoms with van der Waals surface area (Å²) in [5.74, 6) is 0. The van der Waals surface area contributed by atoms with Gasteiger partial charge in [0.25, 0.3) is 0 Å². The summed E-state index contributed by atoms with van der Waals surface area (Å²) in [4.78, 5) is 1.19. The minimum absolute atomic E-state index is 0.390. The van der Waals surface area contributed by atoms with E-state index >= 15 is 0 Å². The number of aromatic nitrogens is 3.